The summed E-state index contributed by atoms with van der Waals surface area (Å²) in [7, 11) is 0. The third-order valence-electron chi connectivity index (χ3n) is 2.22. The first kappa shape index (κ1) is 10.4. The standard InChI is InChI=1S/C8H7N.C5H5NO/c1-3-7-4-2-6-9-8(7)5-1;7-5-3-1-2-4-6-5/h1-2,4-6H,3H2;1-4H,(H,6,7). The molecule has 80 valence electrons. The first-order valence-corrected chi connectivity index (χ1v) is 5.10. The van der Waals surface area contributed by atoms with Gasteiger partial charge in [-0.1, -0.05) is 18.2 Å². The summed E-state index contributed by atoms with van der Waals surface area (Å²) < 4.78 is 0. The Balaban J connectivity index is 0.000000125. The van der Waals surface area contributed by atoms with E-state index in [2.05, 4.69) is 28.2 Å². The molecule has 1 N–H and O–H groups in total. The molecule has 16 heavy (non-hydrogen) atoms. The van der Waals surface area contributed by atoms with Crippen molar-refractivity contribution in [3.05, 3.63) is 70.4 Å². The van der Waals surface area contributed by atoms with E-state index < -0.39 is 0 Å². The molecule has 2 aromatic heterocycles. The smallest absolute Gasteiger partial charge is 0.247 e. The number of H-pyrrole nitrogens is 1. The number of hydrogen-bond acceptors (Lipinski definition) is 2. The third kappa shape index (κ3) is 2.67. The van der Waals surface area contributed by atoms with Crippen molar-refractivity contribution in [1.29, 1.82) is 0 Å². The van der Waals surface area contributed by atoms with Gasteiger partial charge in [0.05, 0.1) is 5.69 Å². The molecule has 0 amide bonds. The molecular weight excluding hydrogens is 200 g/mol. The molecule has 2 heterocycles. The number of rotatable bonds is 0. The number of nitrogens with one attached hydrogen (secondary N) is 1. The highest BCUT2D eigenvalue weighted by Gasteiger charge is 2.01. The number of aromatic nitrogens is 2. The van der Waals surface area contributed by atoms with Crippen molar-refractivity contribution in [1.82, 2.24) is 9.97 Å². The Hall–Kier alpha value is -2.16. The van der Waals surface area contributed by atoms with Crippen LogP contribution < -0.4 is 5.56 Å². The summed E-state index contributed by atoms with van der Waals surface area (Å²) in [6, 6.07) is 9.02. The van der Waals surface area contributed by atoms with Crippen LogP contribution in [0.1, 0.15) is 11.3 Å². The van der Waals surface area contributed by atoms with E-state index in [1.807, 2.05) is 12.3 Å². The Morgan fingerprint density at radius 2 is 2.12 bits per heavy atom. The fraction of sp³-hybridized carbons (Fsp3) is 0.0769. The predicted molar refractivity (Wildman–Crippen MR) is 64.0 cm³/mol. The van der Waals surface area contributed by atoms with Gasteiger partial charge in [0, 0.05) is 18.5 Å². The van der Waals surface area contributed by atoms with Crippen LogP contribution in [0.25, 0.3) is 6.08 Å². The zero-order chi connectivity index (χ0) is 11.2. The van der Waals surface area contributed by atoms with Gasteiger partial charge in [0.1, 0.15) is 0 Å². The second kappa shape index (κ2) is 5.07. The van der Waals surface area contributed by atoms with Crippen molar-refractivity contribution in [2.45, 2.75) is 6.42 Å². The highest BCUT2D eigenvalue weighted by Crippen LogP contribution is 2.14. The Labute approximate surface area is 93.5 Å². The third-order valence-corrected chi connectivity index (χ3v) is 2.22. The van der Waals surface area contributed by atoms with Crippen LogP contribution in [0.3, 0.4) is 0 Å². The van der Waals surface area contributed by atoms with Gasteiger partial charge in [0.2, 0.25) is 5.56 Å². The molecule has 0 bridgehead atoms. The summed E-state index contributed by atoms with van der Waals surface area (Å²) in [5.74, 6) is 0. The number of pyridine rings is 2. The van der Waals surface area contributed by atoms with E-state index in [4.69, 9.17) is 0 Å². The minimum absolute atomic E-state index is 0.0532. The number of aromatic amines is 1. The van der Waals surface area contributed by atoms with Crippen molar-refractivity contribution in [2.75, 3.05) is 0 Å². The van der Waals surface area contributed by atoms with Crippen molar-refractivity contribution in [3.63, 3.8) is 0 Å². The van der Waals surface area contributed by atoms with E-state index in [1.165, 1.54) is 11.6 Å². The predicted octanol–water partition coefficient (Wildman–Crippen LogP) is 2.03. The second-order valence-electron chi connectivity index (χ2n) is 3.38. The zero-order valence-corrected chi connectivity index (χ0v) is 8.76. The molecule has 2 aromatic rings. The Kier molecular flexibility index (Phi) is 3.28. The van der Waals surface area contributed by atoms with E-state index in [1.54, 1.807) is 18.3 Å². The fourth-order valence-corrected chi connectivity index (χ4v) is 1.45. The van der Waals surface area contributed by atoms with Gasteiger partial charge in [-0.05, 0) is 30.2 Å². The largest absolute Gasteiger partial charge is 0.329 e. The van der Waals surface area contributed by atoms with Gasteiger partial charge in [0.25, 0.3) is 0 Å². The van der Waals surface area contributed by atoms with Gasteiger partial charge >= 0.3 is 0 Å². The number of allylic oxidation sites excluding steroid dienone is 1. The van der Waals surface area contributed by atoms with Gasteiger partial charge in [-0.3, -0.25) is 9.78 Å². The van der Waals surface area contributed by atoms with Gasteiger partial charge in [-0.15, -0.1) is 0 Å². The average molecular weight is 212 g/mol. The van der Waals surface area contributed by atoms with Crippen molar-refractivity contribution < 1.29 is 0 Å². The van der Waals surface area contributed by atoms with Crippen LogP contribution in [0.4, 0.5) is 0 Å². The summed E-state index contributed by atoms with van der Waals surface area (Å²) in [4.78, 5) is 16.9. The lowest BCUT2D eigenvalue weighted by molar-refractivity contribution is 1.21. The van der Waals surface area contributed by atoms with Crippen LogP contribution in [0.5, 0.6) is 0 Å². The average Bonchev–Trinajstić information content (AvgIpc) is 2.79. The molecule has 3 rings (SSSR count). The molecule has 0 unspecified atom stereocenters. The molecule has 0 spiro atoms. The van der Waals surface area contributed by atoms with Crippen molar-refractivity contribution >= 4 is 6.08 Å². The summed E-state index contributed by atoms with van der Waals surface area (Å²) in [5, 5.41) is 0. The van der Waals surface area contributed by atoms with E-state index in [0.29, 0.717) is 0 Å². The molecule has 0 fully saturated rings. The Morgan fingerprint density at radius 1 is 1.19 bits per heavy atom. The molecule has 0 saturated heterocycles. The lowest BCUT2D eigenvalue weighted by Gasteiger charge is -1.92. The Morgan fingerprint density at radius 3 is 2.75 bits per heavy atom. The van der Waals surface area contributed by atoms with E-state index in [9.17, 15) is 4.79 Å². The monoisotopic (exact) mass is 212 g/mol. The maximum absolute atomic E-state index is 10.2. The Bertz CT molecular complexity index is 526. The van der Waals surface area contributed by atoms with Crippen LogP contribution in [-0.2, 0) is 6.42 Å². The highest BCUT2D eigenvalue weighted by atomic mass is 16.1. The van der Waals surface area contributed by atoms with E-state index in [0.717, 1.165) is 12.1 Å². The van der Waals surface area contributed by atoms with Gasteiger partial charge < -0.3 is 4.98 Å². The fourth-order valence-electron chi connectivity index (χ4n) is 1.45. The maximum Gasteiger partial charge on any atom is 0.247 e. The van der Waals surface area contributed by atoms with E-state index >= 15 is 0 Å². The molecule has 1 aliphatic rings. The number of nitrogens with zero attached hydrogens (tertiary/aromatic N) is 1. The lowest BCUT2D eigenvalue weighted by atomic mass is 10.2. The van der Waals surface area contributed by atoms with Crippen LogP contribution in [-0.4, -0.2) is 9.97 Å². The highest BCUT2D eigenvalue weighted by molar-refractivity contribution is 5.55. The SMILES string of the molecule is C1=Cc2ncccc2C1.O=c1cccc[nH]1. The molecule has 0 radical (unpaired) electrons. The molecule has 0 saturated carbocycles. The maximum atomic E-state index is 10.2. The summed E-state index contributed by atoms with van der Waals surface area (Å²) in [5.41, 5.74) is 2.43. The van der Waals surface area contributed by atoms with Crippen molar-refractivity contribution in [2.24, 2.45) is 0 Å². The number of hydrogen-bond donors (Lipinski definition) is 1. The van der Waals surface area contributed by atoms with Gasteiger partial charge in [0.15, 0.2) is 0 Å². The lowest BCUT2D eigenvalue weighted by Crippen LogP contribution is -1.98. The molecule has 3 nitrogen and oxygen atoms in total. The molecule has 0 atom stereocenters. The molecule has 0 aromatic carbocycles. The normalized spacial score (nSPS) is 11.5. The van der Waals surface area contributed by atoms with E-state index in [-0.39, 0.29) is 5.56 Å². The second-order valence-corrected chi connectivity index (χ2v) is 3.38. The van der Waals surface area contributed by atoms with Gasteiger partial charge in [-0.2, -0.15) is 0 Å². The molecule has 3 heteroatoms. The summed E-state index contributed by atoms with van der Waals surface area (Å²) in [6.07, 6.45) is 8.69. The topological polar surface area (TPSA) is 45.8 Å². The van der Waals surface area contributed by atoms with Crippen LogP contribution in [0, 0.1) is 0 Å². The van der Waals surface area contributed by atoms with Crippen LogP contribution in [0.15, 0.2) is 53.6 Å². The van der Waals surface area contributed by atoms with Crippen molar-refractivity contribution in [3.8, 4) is 0 Å². The quantitative estimate of drug-likeness (QED) is 0.726. The van der Waals surface area contributed by atoms with Gasteiger partial charge in [-0.25, -0.2) is 0 Å². The first-order chi connectivity index (χ1) is 7.86. The molecular formula is C13H12N2O. The minimum Gasteiger partial charge on any atom is -0.329 e. The van der Waals surface area contributed by atoms with Crippen LogP contribution >= 0.6 is 0 Å². The minimum atomic E-state index is -0.0532. The molecule has 0 aliphatic heterocycles. The summed E-state index contributed by atoms with van der Waals surface area (Å²) in [6.45, 7) is 0. The molecule has 1 aliphatic carbocycles. The number of fused-ring (bicyclic) bond motifs is 1. The summed E-state index contributed by atoms with van der Waals surface area (Å²) >= 11 is 0. The first-order valence-electron chi connectivity index (χ1n) is 5.10. The zero-order valence-electron chi connectivity index (χ0n) is 8.76. The van der Waals surface area contributed by atoms with Crippen LogP contribution in [0.2, 0.25) is 0 Å².